The first kappa shape index (κ1) is 32.0. The quantitative estimate of drug-likeness (QED) is 0.311. The van der Waals surface area contributed by atoms with Gasteiger partial charge in [-0.3, -0.25) is 19.6 Å². The number of nitrogens with zero attached hydrogens (tertiary/aromatic N) is 4. The zero-order chi connectivity index (χ0) is 32.1. The average molecular weight is 638 g/mol. The number of aryl methyl sites for hydroxylation is 1. The number of rotatable bonds is 9. The van der Waals surface area contributed by atoms with Crippen molar-refractivity contribution in [3.05, 3.63) is 62.5 Å². The molecular weight excluding hydrogens is 602 g/mol. The number of aliphatic carboxylic acids is 1. The van der Waals surface area contributed by atoms with Gasteiger partial charge in [0, 0.05) is 42.4 Å². The first-order chi connectivity index (χ1) is 20.6. The van der Waals surface area contributed by atoms with Gasteiger partial charge in [0.2, 0.25) is 0 Å². The number of ether oxygens (including phenoxy) is 1. The highest BCUT2D eigenvalue weighted by Gasteiger charge is 2.60. The number of hydrogen-bond donors (Lipinski definition) is 2. The monoisotopic (exact) mass is 637 g/mol. The molecule has 14 heteroatoms. The highest BCUT2D eigenvalue weighted by Crippen LogP contribution is 2.43. The fourth-order valence-corrected chi connectivity index (χ4v) is 6.93. The lowest BCUT2D eigenvalue weighted by atomic mass is 9.87. The number of carboxylic acid groups (broad SMARTS) is 1. The lowest BCUT2D eigenvalue weighted by Gasteiger charge is -2.33. The second-order valence-corrected chi connectivity index (χ2v) is 13.0. The number of amidine groups is 1. The second kappa shape index (κ2) is 11.9. The summed E-state index contributed by atoms with van der Waals surface area (Å²) in [7, 11) is 1.20. The van der Waals surface area contributed by atoms with Crippen LogP contribution >= 0.6 is 11.3 Å². The number of carboxylic acids is 1. The summed E-state index contributed by atoms with van der Waals surface area (Å²) in [6.07, 6.45) is -1.58. The van der Waals surface area contributed by atoms with Crippen molar-refractivity contribution in [2.24, 2.45) is 10.4 Å². The molecule has 9 nitrogen and oxygen atoms in total. The standard InChI is InChI=1S/C30H35F4N5O4S/c1-15-13-44-26(35-15)25-36-19(22(27(40)43-5)23(37-25)17-7-6-8-18(31)16(17)2)11-39-14-30(33,34)24-20(39)9-10-38(24)12-21(32)29(3,4)28(41)42/h6-8,13,20-21,23-24H,9-12,14H2,1-5H3,(H,36,37)(H,41,42)/t20-,21+,23-,24+/m0/s1. The fourth-order valence-electron chi connectivity index (χ4n) is 6.19. The smallest absolute Gasteiger partial charge is 0.338 e. The number of benzene rings is 1. The molecule has 0 saturated carbocycles. The number of halogens is 4. The molecule has 5 rings (SSSR count). The number of aliphatic imine (C=N–C) groups is 1. The van der Waals surface area contributed by atoms with E-state index in [0.29, 0.717) is 22.8 Å². The Morgan fingerprint density at radius 2 is 2.00 bits per heavy atom. The highest BCUT2D eigenvalue weighted by molar-refractivity contribution is 7.11. The molecule has 44 heavy (non-hydrogen) atoms. The minimum Gasteiger partial charge on any atom is -0.481 e. The van der Waals surface area contributed by atoms with Gasteiger partial charge in [-0.05, 0) is 51.3 Å². The summed E-state index contributed by atoms with van der Waals surface area (Å²) in [4.78, 5) is 37.0. The molecule has 0 amide bonds. The average Bonchev–Trinajstić information content (AvgIpc) is 3.65. The van der Waals surface area contributed by atoms with Crippen LogP contribution in [-0.2, 0) is 14.3 Å². The zero-order valence-corrected chi connectivity index (χ0v) is 25.9. The van der Waals surface area contributed by atoms with Crippen LogP contribution in [0.3, 0.4) is 0 Å². The lowest BCUT2D eigenvalue weighted by Crippen LogP contribution is -2.50. The molecule has 3 aliphatic heterocycles. The van der Waals surface area contributed by atoms with Gasteiger partial charge < -0.3 is 15.2 Å². The Bertz CT molecular complexity index is 1530. The Morgan fingerprint density at radius 1 is 1.27 bits per heavy atom. The molecule has 2 aromatic rings. The van der Waals surface area contributed by atoms with Crippen LogP contribution in [0.1, 0.15) is 48.1 Å². The van der Waals surface area contributed by atoms with Crippen molar-refractivity contribution >= 4 is 29.1 Å². The van der Waals surface area contributed by atoms with E-state index < -0.39 is 66.5 Å². The summed E-state index contributed by atoms with van der Waals surface area (Å²) < 4.78 is 66.2. The molecule has 4 heterocycles. The molecule has 3 aliphatic rings. The van der Waals surface area contributed by atoms with Crippen LogP contribution in [0, 0.1) is 25.1 Å². The van der Waals surface area contributed by atoms with Gasteiger partial charge in [0.15, 0.2) is 10.8 Å². The van der Waals surface area contributed by atoms with Gasteiger partial charge >= 0.3 is 11.9 Å². The molecule has 1 aromatic heterocycles. The number of carbonyl (C=O) groups excluding carboxylic acids is 1. The largest absolute Gasteiger partial charge is 0.481 e. The topological polar surface area (TPSA) is 107 Å². The van der Waals surface area contributed by atoms with E-state index in [0.717, 1.165) is 5.69 Å². The normalized spacial score (nSPS) is 24.6. The molecular formula is C30H35F4N5O4S. The molecule has 0 radical (unpaired) electrons. The minimum absolute atomic E-state index is 0.0619. The van der Waals surface area contributed by atoms with E-state index in [1.165, 1.54) is 49.3 Å². The number of carbonyl (C=O) groups is 2. The molecule has 1 aromatic carbocycles. The van der Waals surface area contributed by atoms with Gasteiger partial charge in [-0.15, -0.1) is 11.3 Å². The summed E-state index contributed by atoms with van der Waals surface area (Å²) in [5.74, 6) is -5.50. The van der Waals surface area contributed by atoms with Crippen LogP contribution in [0.15, 0.2) is 39.8 Å². The van der Waals surface area contributed by atoms with Gasteiger partial charge in [0.25, 0.3) is 5.92 Å². The van der Waals surface area contributed by atoms with Gasteiger partial charge in [-0.25, -0.2) is 27.3 Å². The number of likely N-dealkylation sites (tertiary alicyclic amines) is 2. The number of thiazole rings is 1. The first-order valence-corrected chi connectivity index (χ1v) is 15.1. The van der Waals surface area contributed by atoms with Crippen LogP contribution in [0.4, 0.5) is 17.6 Å². The molecule has 0 spiro atoms. The van der Waals surface area contributed by atoms with Crippen LogP contribution in [-0.4, -0.2) is 95.1 Å². The summed E-state index contributed by atoms with van der Waals surface area (Å²) >= 11 is 1.31. The molecule has 238 valence electrons. The Labute approximate surface area is 256 Å². The van der Waals surface area contributed by atoms with Crippen molar-refractivity contribution in [3.63, 3.8) is 0 Å². The first-order valence-electron chi connectivity index (χ1n) is 14.2. The van der Waals surface area contributed by atoms with Crippen LogP contribution < -0.4 is 5.32 Å². The van der Waals surface area contributed by atoms with E-state index in [9.17, 15) is 19.1 Å². The van der Waals surface area contributed by atoms with E-state index in [4.69, 9.17) is 9.73 Å². The number of esters is 1. The van der Waals surface area contributed by atoms with Crippen molar-refractivity contribution in [2.75, 3.05) is 33.3 Å². The van der Waals surface area contributed by atoms with Crippen LogP contribution in [0.2, 0.25) is 0 Å². The Kier molecular flexibility index (Phi) is 8.64. The van der Waals surface area contributed by atoms with Crippen molar-refractivity contribution in [3.8, 4) is 0 Å². The summed E-state index contributed by atoms with van der Waals surface area (Å²) in [5.41, 5.74) is 0.0270. The Balaban J connectivity index is 1.51. The minimum atomic E-state index is -3.24. The highest BCUT2D eigenvalue weighted by atomic mass is 32.1. The third kappa shape index (κ3) is 5.74. The van der Waals surface area contributed by atoms with Crippen LogP contribution in [0.25, 0.3) is 0 Å². The third-order valence-corrected chi connectivity index (χ3v) is 9.80. The Hall–Kier alpha value is -3.36. The summed E-state index contributed by atoms with van der Waals surface area (Å²) in [5, 5.41) is 14.9. The van der Waals surface area contributed by atoms with E-state index in [1.807, 2.05) is 12.3 Å². The maximum absolute atomic E-state index is 15.6. The fraction of sp³-hybridized carbons (Fsp3) is 0.533. The van der Waals surface area contributed by atoms with Crippen LogP contribution in [0.5, 0.6) is 0 Å². The maximum Gasteiger partial charge on any atom is 0.338 e. The summed E-state index contributed by atoms with van der Waals surface area (Å²) in [6.45, 7) is 4.79. The number of aromatic nitrogens is 1. The van der Waals surface area contributed by atoms with E-state index >= 15 is 13.2 Å². The van der Waals surface area contributed by atoms with Gasteiger partial charge in [-0.1, -0.05) is 12.1 Å². The maximum atomic E-state index is 15.6. The van der Waals surface area contributed by atoms with Crippen molar-refractivity contribution < 1.29 is 37.0 Å². The molecule has 4 atom stereocenters. The predicted octanol–water partition coefficient (Wildman–Crippen LogP) is 4.26. The molecule has 2 N–H and O–H groups in total. The van der Waals surface area contributed by atoms with E-state index in [1.54, 1.807) is 17.9 Å². The van der Waals surface area contributed by atoms with Crippen molar-refractivity contribution in [1.82, 2.24) is 20.1 Å². The number of hydrogen-bond acceptors (Lipinski definition) is 9. The van der Waals surface area contributed by atoms with Gasteiger partial charge in [0.05, 0.1) is 30.7 Å². The van der Waals surface area contributed by atoms with Gasteiger partial charge in [0.1, 0.15) is 18.0 Å². The van der Waals surface area contributed by atoms with Crippen molar-refractivity contribution in [2.45, 2.75) is 64.3 Å². The summed E-state index contributed by atoms with van der Waals surface area (Å²) in [6, 6.07) is 1.43. The van der Waals surface area contributed by atoms with E-state index in [-0.39, 0.29) is 29.9 Å². The number of fused-ring (bicyclic) bond motifs is 1. The second-order valence-electron chi connectivity index (χ2n) is 12.1. The number of alkyl halides is 3. The molecule has 0 bridgehead atoms. The molecule has 2 saturated heterocycles. The zero-order valence-electron chi connectivity index (χ0n) is 25.0. The van der Waals surface area contributed by atoms with Gasteiger partial charge in [-0.2, -0.15) is 0 Å². The predicted molar refractivity (Wildman–Crippen MR) is 156 cm³/mol. The van der Waals surface area contributed by atoms with E-state index in [2.05, 4.69) is 10.3 Å². The number of methoxy groups -OCH3 is 1. The lowest BCUT2D eigenvalue weighted by molar-refractivity contribution is -0.151. The molecule has 2 fully saturated rings. The molecule has 0 unspecified atom stereocenters. The number of nitrogens with one attached hydrogen (secondary N) is 1. The third-order valence-electron chi connectivity index (χ3n) is 8.83. The SMILES string of the molecule is COC(=O)C1=C(CN2CC(F)(F)[C@H]3[C@@H]2CCN3C[C@@H](F)C(C)(C)C(=O)O)NC(c2nc(C)cs2)=N[C@H]1c1cccc(F)c1C. The van der Waals surface area contributed by atoms with Crippen molar-refractivity contribution in [1.29, 1.82) is 0 Å². The Morgan fingerprint density at radius 3 is 2.64 bits per heavy atom. The molecule has 0 aliphatic carbocycles.